The fourth-order valence-corrected chi connectivity index (χ4v) is 3.28. The van der Waals surface area contributed by atoms with Crippen molar-refractivity contribution in [2.45, 2.75) is 17.7 Å². The third-order valence-corrected chi connectivity index (χ3v) is 4.56. The summed E-state index contributed by atoms with van der Waals surface area (Å²) in [4.78, 5) is -0.0924. The molecule has 0 radical (unpaired) electrons. The summed E-state index contributed by atoms with van der Waals surface area (Å²) in [5, 5.41) is 0. The quantitative estimate of drug-likeness (QED) is 0.781. The average Bonchev–Trinajstić information content (AvgIpc) is 2.28. The molecule has 0 spiro atoms. The minimum atomic E-state index is -3.67. The van der Waals surface area contributed by atoms with Gasteiger partial charge in [0, 0.05) is 11.0 Å². The fraction of sp³-hybridized carbons (Fsp3) is 0.400. The van der Waals surface area contributed by atoms with E-state index < -0.39 is 15.8 Å². The van der Waals surface area contributed by atoms with Crippen LogP contribution in [0.4, 0.5) is 4.39 Å². The molecule has 0 atom stereocenters. The standard InChI is InChI=1S/C10H14BrFN2O2S/c11-9-4-3-8(12)7-10(9)17(15,16)14-6-2-1-5-13/h3-4,7,14H,1-2,5-6,13H2. The minimum absolute atomic E-state index is 0.0924. The maximum atomic E-state index is 13.0. The molecule has 0 aliphatic rings. The van der Waals surface area contributed by atoms with Crippen LogP contribution in [-0.2, 0) is 10.0 Å². The van der Waals surface area contributed by atoms with Crippen LogP contribution < -0.4 is 10.5 Å². The Morgan fingerprint density at radius 1 is 1.35 bits per heavy atom. The van der Waals surface area contributed by atoms with Gasteiger partial charge in [0.15, 0.2) is 0 Å². The van der Waals surface area contributed by atoms with Crippen LogP contribution in [0.5, 0.6) is 0 Å². The molecular weight excluding hydrogens is 311 g/mol. The minimum Gasteiger partial charge on any atom is -0.330 e. The number of unbranched alkanes of at least 4 members (excludes halogenated alkanes) is 1. The Hall–Kier alpha value is -0.500. The van der Waals surface area contributed by atoms with Gasteiger partial charge in [-0.15, -0.1) is 0 Å². The predicted octanol–water partition coefficient (Wildman–Crippen LogP) is 1.61. The highest BCUT2D eigenvalue weighted by Crippen LogP contribution is 2.22. The number of nitrogens with one attached hydrogen (secondary N) is 1. The first-order valence-electron chi connectivity index (χ1n) is 5.12. The van der Waals surface area contributed by atoms with Crippen molar-refractivity contribution < 1.29 is 12.8 Å². The van der Waals surface area contributed by atoms with Crippen LogP contribution >= 0.6 is 15.9 Å². The molecule has 1 rings (SSSR count). The largest absolute Gasteiger partial charge is 0.330 e. The van der Waals surface area contributed by atoms with E-state index in [2.05, 4.69) is 20.7 Å². The van der Waals surface area contributed by atoms with Crippen molar-refractivity contribution in [2.24, 2.45) is 5.73 Å². The van der Waals surface area contributed by atoms with Crippen molar-refractivity contribution in [3.63, 3.8) is 0 Å². The van der Waals surface area contributed by atoms with Gasteiger partial charge in [-0.1, -0.05) is 0 Å². The summed E-state index contributed by atoms with van der Waals surface area (Å²) in [6.45, 7) is 0.813. The molecule has 0 heterocycles. The first-order chi connectivity index (χ1) is 7.97. The fourth-order valence-electron chi connectivity index (χ4n) is 1.24. The Kier molecular flexibility index (Phi) is 5.51. The van der Waals surface area contributed by atoms with Gasteiger partial charge in [-0.2, -0.15) is 0 Å². The third-order valence-electron chi connectivity index (χ3n) is 2.11. The zero-order valence-corrected chi connectivity index (χ0v) is 11.5. The lowest BCUT2D eigenvalue weighted by Crippen LogP contribution is -2.25. The number of rotatable bonds is 6. The molecule has 1 aromatic carbocycles. The third kappa shape index (κ3) is 4.34. The Morgan fingerprint density at radius 2 is 2.06 bits per heavy atom. The van der Waals surface area contributed by atoms with E-state index in [-0.39, 0.29) is 4.90 Å². The van der Waals surface area contributed by atoms with E-state index in [0.717, 1.165) is 12.5 Å². The van der Waals surface area contributed by atoms with Crippen LogP contribution in [0.1, 0.15) is 12.8 Å². The lowest BCUT2D eigenvalue weighted by atomic mass is 10.3. The summed E-state index contributed by atoms with van der Waals surface area (Å²) in [7, 11) is -3.67. The van der Waals surface area contributed by atoms with Crippen LogP contribution in [0, 0.1) is 5.82 Å². The smallest absolute Gasteiger partial charge is 0.241 e. The molecule has 0 aliphatic heterocycles. The molecule has 0 aromatic heterocycles. The highest BCUT2D eigenvalue weighted by atomic mass is 79.9. The first kappa shape index (κ1) is 14.6. The number of hydrogen-bond donors (Lipinski definition) is 2. The zero-order chi connectivity index (χ0) is 12.9. The molecule has 0 amide bonds. The van der Waals surface area contributed by atoms with E-state index >= 15 is 0 Å². The number of hydrogen-bond acceptors (Lipinski definition) is 3. The normalized spacial score (nSPS) is 11.7. The van der Waals surface area contributed by atoms with E-state index in [1.165, 1.54) is 12.1 Å². The molecule has 1 aromatic rings. The summed E-state index contributed by atoms with van der Waals surface area (Å²) in [5.41, 5.74) is 5.30. The van der Waals surface area contributed by atoms with Crippen LogP contribution in [0.15, 0.2) is 27.6 Å². The molecule has 4 nitrogen and oxygen atoms in total. The highest BCUT2D eigenvalue weighted by molar-refractivity contribution is 9.10. The molecule has 0 unspecified atom stereocenters. The van der Waals surface area contributed by atoms with Crippen molar-refractivity contribution in [3.8, 4) is 0 Å². The van der Waals surface area contributed by atoms with Gasteiger partial charge >= 0.3 is 0 Å². The van der Waals surface area contributed by atoms with E-state index in [1.54, 1.807) is 0 Å². The van der Waals surface area contributed by atoms with E-state index in [4.69, 9.17) is 5.73 Å². The van der Waals surface area contributed by atoms with Crippen molar-refractivity contribution in [1.29, 1.82) is 0 Å². The van der Waals surface area contributed by atoms with Crippen molar-refractivity contribution in [2.75, 3.05) is 13.1 Å². The maximum Gasteiger partial charge on any atom is 0.241 e. The number of nitrogens with two attached hydrogens (primary N) is 1. The SMILES string of the molecule is NCCCCNS(=O)(=O)c1cc(F)ccc1Br. The lowest BCUT2D eigenvalue weighted by molar-refractivity contribution is 0.573. The lowest BCUT2D eigenvalue weighted by Gasteiger charge is -2.08. The summed E-state index contributed by atoms with van der Waals surface area (Å²) < 4.78 is 39.4. The van der Waals surface area contributed by atoms with Gasteiger partial charge in [0.2, 0.25) is 10.0 Å². The molecule has 0 saturated carbocycles. The van der Waals surface area contributed by atoms with Crippen LogP contribution in [0.25, 0.3) is 0 Å². The Morgan fingerprint density at radius 3 is 2.71 bits per heavy atom. The first-order valence-corrected chi connectivity index (χ1v) is 7.40. The van der Waals surface area contributed by atoms with Gasteiger partial charge in [0.25, 0.3) is 0 Å². The Bertz CT molecular complexity index is 479. The number of benzene rings is 1. The summed E-state index contributed by atoms with van der Waals surface area (Å²) in [5.74, 6) is -0.587. The zero-order valence-electron chi connectivity index (χ0n) is 9.12. The maximum absolute atomic E-state index is 13.0. The van der Waals surface area contributed by atoms with Crippen LogP contribution in [0.2, 0.25) is 0 Å². The van der Waals surface area contributed by atoms with Crippen LogP contribution in [-0.4, -0.2) is 21.5 Å². The van der Waals surface area contributed by atoms with Crippen molar-refractivity contribution in [3.05, 3.63) is 28.5 Å². The summed E-state index contributed by atoms with van der Waals surface area (Å²) in [6.07, 6.45) is 1.40. The van der Waals surface area contributed by atoms with E-state index in [0.29, 0.717) is 24.0 Å². The molecule has 17 heavy (non-hydrogen) atoms. The molecule has 0 saturated heterocycles. The van der Waals surface area contributed by atoms with Gasteiger partial charge < -0.3 is 5.73 Å². The average molecular weight is 325 g/mol. The molecule has 7 heteroatoms. The second-order valence-electron chi connectivity index (χ2n) is 3.47. The van der Waals surface area contributed by atoms with Crippen molar-refractivity contribution in [1.82, 2.24) is 4.72 Å². The Balaban J connectivity index is 2.79. The van der Waals surface area contributed by atoms with Crippen molar-refractivity contribution >= 4 is 26.0 Å². The number of halogens is 2. The molecule has 0 bridgehead atoms. The Labute approximate surface area is 109 Å². The summed E-state index contributed by atoms with van der Waals surface area (Å²) in [6, 6.07) is 3.54. The van der Waals surface area contributed by atoms with Crippen LogP contribution in [0.3, 0.4) is 0 Å². The molecular formula is C10H14BrFN2O2S. The van der Waals surface area contributed by atoms with Gasteiger partial charge in [-0.25, -0.2) is 17.5 Å². The molecule has 96 valence electrons. The monoisotopic (exact) mass is 324 g/mol. The predicted molar refractivity (Wildman–Crippen MR) is 67.6 cm³/mol. The van der Waals surface area contributed by atoms with Gasteiger partial charge in [0.1, 0.15) is 5.82 Å². The van der Waals surface area contributed by atoms with Gasteiger partial charge in [0.05, 0.1) is 4.90 Å². The number of sulfonamides is 1. The van der Waals surface area contributed by atoms with E-state index in [1.807, 2.05) is 0 Å². The van der Waals surface area contributed by atoms with Gasteiger partial charge in [-0.3, -0.25) is 0 Å². The molecule has 0 fully saturated rings. The molecule has 3 N–H and O–H groups in total. The second-order valence-corrected chi connectivity index (χ2v) is 6.06. The summed E-state index contributed by atoms with van der Waals surface area (Å²) >= 11 is 3.08. The highest BCUT2D eigenvalue weighted by Gasteiger charge is 2.17. The van der Waals surface area contributed by atoms with E-state index in [9.17, 15) is 12.8 Å². The topological polar surface area (TPSA) is 72.2 Å². The molecule has 0 aliphatic carbocycles. The second kappa shape index (κ2) is 6.44. The van der Waals surface area contributed by atoms with Gasteiger partial charge in [-0.05, 0) is 53.5 Å².